The molecular formula is C29H35N5O6S. The van der Waals surface area contributed by atoms with Crippen molar-refractivity contribution in [3.63, 3.8) is 0 Å². The van der Waals surface area contributed by atoms with E-state index in [1.807, 2.05) is 0 Å². The lowest BCUT2D eigenvalue weighted by Gasteiger charge is -2.27. The fraction of sp³-hybridized carbons (Fsp3) is 0.483. The van der Waals surface area contributed by atoms with Gasteiger partial charge in [-0.3, -0.25) is 19.0 Å². The van der Waals surface area contributed by atoms with Crippen molar-refractivity contribution in [2.45, 2.75) is 56.4 Å². The number of pyridine rings is 1. The molecule has 0 spiro atoms. The van der Waals surface area contributed by atoms with Gasteiger partial charge >= 0.3 is 0 Å². The number of hydrogen-bond donors (Lipinski definition) is 1. The molecule has 0 radical (unpaired) electrons. The summed E-state index contributed by atoms with van der Waals surface area (Å²) in [5.41, 5.74) is 0.272. The van der Waals surface area contributed by atoms with E-state index in [9.17, 15) is 22.8 Å². The minimum absolute atomic E-state index is 0.0599. The van der Waals surface area contributed by atoms with Crippen LogP contribution in [0.15, 0.2) is 52.5 Å². The molecule has 1 saturated carbocycles. The fourth-order valence-corrected chi connectivity index (χ4v) is 6.44. The van der Waals surface area contributed by atoms with Crippen LogP contribution in [0.1, 0.15) is 61.8 Å². The Labute approximate surface area is 238 Å². The third-order valence-corrected chi connectivity index (χ3v) is 9.71. The number of nitrogens with one attached hydrogen (secondary N) is 1. The molecule has 5 rings (SSSR count). The van der Waals surface area contributed by atoms with Crippen molar-refractivity contribution < 1.29 is 22.7 Å². The third kappa shape index (κ3) is 6.48. The number of aromatic nitrogens is 3. The Morgan fingerprint density at radius 2 is 1.83 bits per heavy atom. The van der Waals surface area contributed by atoms with Gasteiger partial charge in [0.1, 0.15) is 11.9 Å². The van der Waals surface area contributed by atoms with Crippen molar-refractivity contribution in [2.75, 3.05) is 37.4 Å². The summed E-state index contributed by atoms with van der Waals surface area (Å²) in [6.45, 7) is 3.59. The maximum atomic E-state index is 13.7. The Bertz CT molecular complexity index is 1580. The molecule has 2 amide bonds. The van der Waals surface area contributed by atoms with Crippen molar-refractivity contribution >= 4 is 38.4 Å². The van der Waals surface area contributed by atoms with Crippen LogP contribution >= 0.6 is 0 Å². The number of amides is 2. The number of fused-ring (bicyclic) bond motifs is 1. The Kier molecular flexibility index (Phi) is 8.79. The molecule has 2 aromatic heterocycles. The molecule has 3 heterocycles. The summed E-state index contributed by atoms with van der Waals surface area (Å²) in [6, 6.07) is 6.65. The molecular weight excluding hydrogens is 546 g/mol. The second-order valence-corrected chi connectivity index (χ2v) is 12.9. The molecule has 3 aromatic rings. The summed E-state index contributed by atoms with van der Waals surface area (Å²) in [6.07, 6.45) is 8.52. The first kappa shape index (κ1) is 28.9. The van der Waals surface area contributed by atoms with E-state index >= 15 is 0 Å². The molecule has 1 atom stereocenters. The second kappa shape index (κ2) is 12.5. The van der Waals surface area contributed by atoms with Gasteiger partial charge in [0, 0.05) is 19.3 Å². The molecule has 41 heavy (non-hydrogen) atoms. The van der Waals surface area contributed by atoms with Crippen molar-refractivity contribution in [1.82, 2.24) is 19.4 Å². The highest BCUT2D eigenvalue weighted by molar-refractivity contribution is 7.91. The number of morpholine rings is 1. The number of benzene rings is 1. The average Bonchev–Trinajstić information content (AvgIpc) is 3.01. The lowest BCUT2D eigenvalue weighted by Crippen LogP contribution is -2.40. The predicted octanol–water partition coefficient (Wildman–Crippen LogP) is 3.21. The van der Waals surface area contributed by atoms with Crippen LogP contribution in [0.4, 0.5) is 5.82 Å². The number of ether oxygens (including phenoxy) is 1. The standard InChI is InChI=1S/C29H35N5O6S/c1-2-41(38,39)22-9-10-23-24(17-22)31-19-34(29(23)37)25(16-20-6-4-3-5-7-20)27(35)32-26-11-8-21(18-30-26)28(36)33-12-14-40-15-13-33/h8-11,17-20,25H,2-7,12-16H2,1H3,(H,30,32,35). The van der Waals surface area contributed by atoms with Crippen LogP contribution in [0.2, 0.25) is 0 Å². The summed E-state index contributed by atoms with van der Waals surface area (Å²) in [7, 11) is -3.46. The Balaban J connectivity index is 1.41. The number of anilines is 1. The van der Waals surface area contributed by atoms with Gasteiger partial charge in [0.05, 0.1) is 46.7 Å². The second-order valence-electron chi connectivity index (χ2n) is 10.6. The molecule has 1 N–H and O–H groups in total. The van der Waals surface area contributed by atoms with Gasteiger partial charge in [0.15, 0.2) is 9.84 Å². The zero-order valence-electron chi connectivity index (χ0n) is 23.1. The van der Waals surface area contributed by atoms with Gasteiger partial charge in [0.2, 0.25) is 5.91 Å². The Morgan fingerprint density at radius 3 is 2.51 bits per heavy atom. The minimum atomic E-state index is -3.46. The summed E-state index contributed by atoms with van der Waals surface area (Å²) in [4.78, 5) is 50.5. The van der Waals surface area contributed by atoms with E-state index in [0.29, 0.717) is 38.3 Å². The zero-order chi connectivity index (χ0) is 29.0. The third-order valence-electron chi connectivity index (χ3n) is 7.97. The molecule has 0 bridgehead atoms. The summed E-state index contributed by atoms with van der Waals surface area (Å²) < 4.78 is 31.3. The monoisotopic (exact) mass is 581 g/mol. The predicted molar refractivity (Wildman–Crippen MR) is 154 cm³/mol. The van der Waals surface area contributed by atoms with E-state index < -0.39 is 27.3 Å². The molecule has 1 saturated heterocycles. The first-order valence-electron chi connectivity index (χ1n) is 14.1. The van der Waals surface area contributed by atoms with Gasteiger partial charge < -0.3 is 15.0 Å². The van der Waals surface area contributed by atoms with Crippen LogP contribution in [0.25, 0.3) is 10.9 Å². The number of carbonyl (C=O) groups excluding carboxylic acids is 2. The molecule has 218 valence electrons. The van der Waals surface area contributed by atoms with E-state index in [2.05, 4.69) is 15.3 Å². The highest BCUT2D eigenvalue weighted by atomic mass is 32.2. The molecule has 1 aromatic carbocycles. The minimum Gasteiger partial charge on any atom is -0.378 e. The molecule has 1 aliphatic heterocycles. The topological polar surface area (TPSA) is 141 Å². The number of sulfone groups is 1. The van der Waals surface area contributed by atoms with E-state index in [1.54, 1.807) is 24.0 Å². The van der Waals surface area contributed by atoms with Gasteiger partial charge in [-0.05, 0) is 42.7 Å². The van der Waals surface area contributed by atoms with Crippen molar-refractivity contribution in [3.8, 4) is 0 Å². The molecule has 2 fully saturated rings. The molecule has 1 unspecified atom stereocenters. The molecule has 2 aliphatic rings. The number of nitrogens with zero attached hydrogens (tertiary/aromatic N) is 4. The number of hydrogen-bond acceptors (Lipinski definition) is 8. The quantitative estimate of drug-likeness (QED) is 0.428. The fourth-order valence-electron chi connectivity index (χ4n) is 5.54. The Morgan fingerprint density at radius 1 is 1.07 bits per heavy atom. The lowest BCUT2D eigenvalue weighted by atomic mass is 9.84. The van der Waals surface area contributed by atoms with Crippen molar-refractivity contribution in [2.24, 2.45) is 5.92 Å². The zero-order valence-corrected chi connectivity index (χ0v) is 23.9. The van der Waals surface area contributed by atoms with Gasteiger partial charge in [-0.2, -0.15) is 0 Å². The molecule has 1 aliphatic carbocycles. The maximum Gasteiger partial charge on any atom is 0.261 e. The molecule has 11 nitrogen and oxygen atoms in total. The largest absolute Gasteiger partial charge is 0.378 e. The molecule has 12 heteroatoms. The van der Waals surface area contributed by atoms with Gasteiger partial charge in [-0.1, -0.05) is 39.0 Å². The van der Waals surface area contributed by atoms with E-state index in [1.165, 1.54) is 35.3 Å². The highest BCUT2D eigenvalue weighted by Gasteiger charge is 2.28. The van der Waals surface area contributed by atoms with Gasteiger partial charge in [-0.25, -0.2) is 18.4 Å². The van der Waals surface area contributed by atoms with E-state index in [-0.39, 0.29) is 39.2 Å². The van der Waals surface area contributed by atoms with Crippen molar-refractivity contribution in [1.29, 1.82) is 0 Å². The van der Waals surface area contributed by atoms with E-state index in [0.717, 1.165) is 32.1 Å². The van der Waals surface area contributed by atoms with Crippen LogP contribution in [-0.4, -0.2) is 71.7 Å². The lowest BCUT2D eigenvalue weighted by molar-refractivity contribution is -0.120. The SMILES string of the molecule is CCS(=O)(=O)c1ccc2c(=O)n(C(CC3CCCCC3)C(=O)Nc3ccc(C(=O)N4CCOCC4)cn3)cnc2c1. The summed E-state index contributed by atoms with van der Waals surface area (Å²) in [5.74, 6) is -0.0457. The smallest absolute Gasteiger partial charge is 0.261 e. The highest BCUT2D eigenvalue weighted by Crippen LogP contribution is 2.31. The van der Waals surface area contributed by atoms with Crippen LogP contribution in [0.3, 0.4) is 0 Å². The van der Waals surface area contributed by atoms with Crippen LogP contribution in [0.5, 0.6) is 0 Å². The van der Waals surface area contributed by atoms with Crippen LogP contribution in [0, 0.1) is 5.92 Å². The first-order valence-corrected chi connectivity index (χ1v) is 15.8. The first-order chi connectivity index (χ1) is 19.8. The van der Waals surface area contributed by atoms with Crippen LogP contribution < -0.4 is 10.9 Å². The van der Waals surface area contributed by atoms with E-state index in [4.69, 9.17) is 4.74 Å². The van der Waals surface area contributed by atoms with Gasteiger partial charge in [-0.15, -0.1) is 0 Å². The summed E-state index contributed by atoms with van der Waals surface area (Å²) in [5, 5.41) is 3.07. The Hall–Kier alpha value is -3.64. The normalized spacial score (nSPS) is 17.3. The average molecular weight is 582 g/mol. The van der Waals surface area contributed by atoms with Crippen LogP contribution in [-0.2, 0) is 19.4 Å². The number of rotatable bonds is 8. The number of carbonyl (C=O) groups is 2. The summed E-state index contributed by atoms with van der Waals surface area (Å²) >= 11 is 0. The van der Waals surface area contributed by atoms with Gasteiger partial charge in [0.25, 0.3) is 11.5 Å². The van der Waals surface area contributed by atoms with Crippen molar-refractivity contribution in [3.05, 3.63) is 58.8 Å². The maximum absolute atomic E-state index is 13.7.